The molecule has 2 aliphatic heterocycles. The van der Waals surface area contributed by atoms with E-state index in [9.17, 15) is 0 Å². The van der Waals surface area contributed by atoms with Crippen LogP contribution in [0.2, 0.25) is 0 Å². The second-order valence-corrected chi connectivity index (χ2v) is 14.6. The first kappa shape index (κ1) is 30.3. The first-order valence-electron chi connectivity index (χ1n) is 18.8. The molecule has 0 unspecified atom stereocenters. The number of hydrogen-bond donors (Lipinski definition) is 0. The summed E-state index contributed by atoms with van der Waals surface area (Å²) in [4.78, 5) is 10.00. The zero-order valence-corrected chi connectivity index (χ0v) is 29.7. The van der Waals surface area contributed by atoms with Crippen LogP contribution in [0, 0.1) is 0 Å². The van der Waals surface area contributed by atoms with Gasteiger partial charge in [0.1, 0.15) is 34.3 Å². The molecular weight excluding hydrogens is 677 g/mol. The summed E-state index contributed by atoms with van der Waals surface area (Å²) >= 11 is 0. The maximum absolute atomic E-state index is 6.81. The van der Waals surface area contributed by atoms with E-state index in [0.717, 1.165) is 102 Å². The lowest BCUT2D eigenvalue weighted by molar-refractivity contribution is 0.484. The predicted octanol–water partition coefficient (Wildman–Crippen LogP) is 12.1. The molecule has 11 aromatic rings. The number of aryl methyl sites for hydroxylation is 2. The molecule has 0 saturated heterocycles. The molecule has 7 heterocycles. The first-order chi connectivity index (χ1) is 27.2. The molecule has 6 heteroatoms. The van der Waals surface area contributed by atoms with Crippen LogP contribution in [0.3, 0.4) is 0 Å². The fourth-order valence-corrected chi connectivity index (χ4v) is 8.82. The third-order valence-corrected chi connectivity index (χ3v) is 11.4. The molecule has 6 nitrogen and oxygen atoms in total. The van der Waals surface area contributed by atoms with E-state index in [-0.39, 0.29) is 0 Å². The van der Waals surface area contributed by atoms with E-state index >= 15 is 0 Å². The molecule has 0 spiro atoms. The summed E-state index contributed by atoms with van der Waals surface area (Å²) < 4.78 is 18.0. The number of benzene rings is 6. The van der Waals surface area contributed by atoms with Gasteiger partial charge in [-0.05, 0) is 89.7 Å². The van der Waals surface area contributed by atoms with Crippen LogP contribution in [-0.2, 0) is 19.3 Å². The zero-order chi connectivity index (χ0) is 36.0. The van der Waals surface area contributed by atoms with Gasteiger partial charge in [0.2, 0.25) is 0 Å². The summed E-state index contributed by atoms with van der Waals surface area (Å²) in [5.41, 5.74) is 10.9. The van der Waals surface area contributed by atoms with Crippen molar-refractivity contribution in [1.82, 2.24) is 19.1 Å². The Balaban J connectivity index is 1.10. The smallest absolute Gasteiger partial charge is 0.138 e. The fraction of sp³-hybridized carbons (Fsp3) is 0.0612. The Morgan fingerprint density at radius 3 is 1.75 bits per heavy atom. The molecule has 0 radical (unpaired) electrons. The van der Waals surface area contributed by atoms with Crippen LogP contribution in [0.1, 0.15) is 22.3 Å². The van der Waals surface area contributed by atoms with Gasteiger partial charge < -0.3 is 9.15 Å². The maximum atomic E-state index is 6.81. The van der Waals surface area contributed by atoms with Crippen molar-refractivity contribution in [3.8, 4) is 23.1 Å². The first-order valence-corrected chi connectivity index (χ1v) is 18.8. The molecule has 10 bridgehead atoms. The molecule has 0 N–H and O–H groups in total. The Bertz CT molecular complexity index is 3330. The van der Waals surface area contributed by atoms with Gasteiger partial charge in [0.15, 0.2) is 0 Å². The number of ether oxygens (including phenoxy) is 1. The molecule has 0 fully saturated rings. The molecule has 5 aromatic heterocycles. The molecule has 2 aliphatic rings. The number of pyridine rings is 2. The van der Waals surface area contributed by atoms with Crippen LogP contribution in [0.5, 0.6) is 11.5 Å². The Kier molecular flexibility index (Phi) is 6.42. The zero-order valence-electron chi connectivity index (χ0n) is 29.7. The van der Waals surface area contributed by atoms with Crippen molar-refractivity contribution in [3.05, 3.63) is 180 Å². The van der Waals surface area contributed by atoms with Crippen LogP contribution in [0.25, 0.3) is 77.2 Å². The molecule has 0 aliphatic carbocycles. The lowest BCUT2D eigenvalue weighted by Gasteiger charge is -2.11. The molecule has 6 aromatic carbocycles. The van der Waals surface area contributed by atoms with Crippen molar-refractivity contribution in [2.45, 2.75) is 19.3 Å². The minimum absolute atomic E-state index is 0.713. The van der Waals surface area contributed by atoms with Crippen molar-refractivity contribution in [2.24, 2.45) is 0 Å². The van der Waals surface area contributed by atoms with Crippen LogP contribution in [0.4, 0.5) is 0 Å². The Morgan fingerprint density at radius 2 is 1.05 bits per heavy atom. The minimum atomic E-state index is 0.713. The van der Waals surface area contributed by atoms with E-state index in [1.807, 2.05) is 12.4 Å². The van der Waals surface area contributed by atoms with Crippen molar-refractivity contribution >= 4 is 65.6 Å². The van der Waals surface area contributed by atoms with E-state index in [1.165, 1.54) is 21.9 Å². The highest BCUT2D eigenvalue weighted by Crippen LogP contribution is 2.39. The lowest BCUT2D eigenvalue weighted by Crippen LogP contribution is -2.00. The highest BCUT2D eigenvalue weighted by Gasteiger charge is 2.19. The monoisotopic (exact) mass is 708 g/mol. The number of hydrogen-bond acceptors (Lipinski definition) is 4. The highest BCUT2D eigenvalue weighted by molar-refractivity contribution is 6.11. The summed E-state index contributed by atoms with van der Waals surface area (Å²) in [5.74, 6) is 3.24. The minimum Gasteiger partial charge on any atom is -0.457 e. The standard InChI is InChI=1S/C49H32N4O2/c1-3-13-42-36(9-1)38-20-18-34-27-44(38)52(42)46-22-16-30(29-51-46)15-17-32-7-5-11-40-41-12-6-8-33(49(41)55-48(32)40)25-31-23-24-50-47(26-31)53-43-14-4-2-10-37(43)39-21-19-35(54-34)28-45(39)53/h1-14,16,18-24,26-29H,15,17,25H2. The number of para-hydroxylation sites is 4. The van der Waals surface area contributed by atoms with Gasteiger partial charge >= 0.3 is 0 Å². The second kappa shape index (κ2) is 11.7. The van der Waals surface area contributed by atoms with Gasteiger partial charge in [-0.25, -0.2) is 9.97 Å². The highest BCUT2D eigenvalue weighted by atomic mass is 16.5. The summed E-state index contributed by atoms with van der Waals surface area (Å²) in [6, 6.07) is 51.4. The number of fused-ring (bicyclic) bond motifs is 8. The van der Waals surface area contributed by atoms with Gasteiger partial charge in [0, 0.05) is 63.3 Å². The van der Waals surface area contributed by atoms with Crippen LogP contribution in [0.15, 0.2) is 162 Å². The third kappa shape index (κ3) is 4.68. The third-order valence-electron chi connectivity index (χ3n) is 11.4. The van der Waals surface area contributed by atoms with Gasteiger partial charge in [0.05, 0.1) is 22.1 Å². The Labute approximate surface area is 315 Å². The number of nitrogens with zero attached hydrogens (tertiary/aromatic N) is 4. The topological polar surface area (TPSA) is 58.0 Å². The van der Waals surface area contributed by atoms with E-state index in [4.69, 9.17) is 19.1 Å². The van der Waals surface area contributed by atoms with E-state index < -0.39 is 0 Å². The van der Waals surface area contributed by atoms with Gasteiger partial charge in [-0.1, -0.05) is 78.9 Å². The Hall–Kier alpha value is -7.18. The number of rotatable bonds is 0. The molecule has 0 amide bonds. The molecule has 55 heavy (non-hydrogen) atoms. The van der Waals surface area contributed by atoms with Crippen LogP contribution >= 0.6 is 0 Å². The van der Waals surface area contributed by atoms with Crippen molar-refractivity contribution < 1.29 is 9.15 Å². The van der Waals surface area contributed by atoms with Crippen molar-refractivity contribution in [2.75, 3.05) is 0 Å². The van der Waals surface area contributed by atoms with Gasteiger partial charge in [-0.15, -0.1) is 0 Å². The van der Waals surface area contributed by atoms with Crippen LogP contribution in [-0.4, -0.2) is 19.1 Å². The quantitative estimate of drug-likeness (QED) is 0.157. The Morgan fingerprint density at radius 1 is 0.436 bits per heavy atom. The van der Waals surface area contributed by atoms with Gasteiger partial charge in [0.25, 0.3) is 0 Å². The van der Waals surface area contributed by atoms with Crippen LogP contribution < -0.4 is 4.74 Å². The molecule has 260 valence electrons. The molecule has 0 atom stereocenters. The summed E-state index contributed by atoms with van der Waals surface area (Å²) in [7, 11) is 0. The second-order valence-electron chi connectivity index (χ2n) is 14.6. The van der Waals surface area contributed by atoms with Crippen molar-refractivity contribution in [3.63, 3.8) is 0 Å². The average molecular weight is 709 g/mol. The van der Waals surface area contributed by atoms with Crippen molar-refractivity contribution in [1.29, 1.82) is 0 Å². The average Bonchev–Trinajstić information content (AvgIpc) is 3.88. The summed E-state index contributed by atoms with van der Waals surface area (Å²) in [6.07, 6.45) is 6.34. The molecule has 13 rings (SSSR count). The number of aromatic nitrogens is 4. The van der Waals surface area contributed by atoms with E-state index in [1.54, 1.807) is 0 Å². The normalized spacial score (nSPS) is 13.0. The lowest BCUT2D eigenvalue weighted by atomic mass is 10.0. The summed E-state index contributed by atoms with van der Waals surface area (Å²) in [5, 5.41) is 6.93. The SMILES string of the molecule is c1cc2c3oc4c(cccc4c3c1)Cc1ccnc(c1)-n1c3ccccc3c3ccc(cc31)Oc1ccc3c4ccccc4n(c3c1)-c1ccc(cn1)CC2. The molecule has 0 saturated carbocycles. The van der Waals surface area contributed by atoms with Gasteiger partial charge in [-0.2, -0.15) is 0 Å². The number of furan rings is 1. The molecular formula is C49H32N4O2. The van der Waals surface area contributed by atoms with Gasteiger partial charge in [-0.3, -0.25) is 9.13 Å². The fourth-order valence-electron chi connectivity index (χ4n) is 8.82. The largest absolute Gasteiger partial charge is 0.457 e. The predicted molar refractivity (Wildman–Crippen MR) is 221 cm³/mol. The summed E-state index contributed by atoms with van der Waals surface area (Å²) in [6.45, 7) is 0. The van der Waals surface area contributed by atoms with E-state index in [2.05, 4.69) is 155 Å². The maximum Gasteiger partial charge on any atom is 0.138 e. The van der Waals surface area contributed by atoms with E-state index in [0.29, 0.717) is 6.42 Å².